The normalized spacial score (nSPS) is 26.9. The molecule has 0 bridgehead atoms. The molecule has 1 amide bonds. The molecule has 15 heavy (non-hydrogen) atoms. The van der Waals surface area contributed by atoms with Gasteiger partial charge in [-0.05, 0) is 26.7 Å². The fourth-order valence-corrected chi connectivity index (χ4v) is 1.67. The molecule has 1 fully saturated rings. The summed E-state index contributed by atoms with van der Waals surface area (Å²) in [6, 6.07) is 0. The lowest BCUT2D eigenvalue weighted by molar-refractivity contribution is -0.0654. The van der Waals surface area contributed by atoms with Crippen LogP contribution in [0.2, 0.25) is 0 Å². The minimum Gasteiger partial charge on any atom is -0.447 e. The number of carbonyl (C=O) groups is 1. The molecule has 0 saturated carbocycles. The quantitative estimate of drug-likeness (QED) is 0.700. The maximum absolute atomic E-state index is 11.5. The summed E-state index contributed by atoms with van der Waals surface area (Å²) in [6.45, 7) is 3.96. The Morgan fingerprint density at radius 2 is 2.27 bits per heavy atom. The van der Waals surface area contributed by atoms with E-state index in [2.05, 4.69) is 0 Å². The molecule has 0 radical (unpaired) electrons. The lowest BCUT2D eigenvalue weighted by atomic mass is 9.94. The van der Waals surface area contributed by atoms with Crippen LogP contribution in [0, 0.1) is 0 Å². The van der Waals surface area contributed by atoms with Gasteiger partial charge in [0.05, 0.1) is 19.3 Å². The maximum atomic E-state index is 11.5. The van der Waals surface area contributed by atoms with Gasteiger partial charge in [-0.1, -0.05) is 0 Å². The number of hydrogen-bond donors (Lipinski definition) is 2. The predicted octanol–water partition coefficient (Wildman–Crippen LogP) is 0.351. The van der Waals surface area contributed by atoms with E-state index in [9.17, 15) is 9.90 Å². The molecule has 0 aromatic rings. The summed E-state index contributed by atoms with van der Waals surface area (Å²) in [5.74, 6) is 0. The number of aliphatic hydroxyl groups is 2. The van der Waals surface area contributed by atoms with Gasteiger partial charge in [0, 0.05) is 6.54 Å². The van der Waals surface area contributed by atoms with Crippen LogP contribution in [0.5, 0.6) is 0 Å². The largest absolute Gasteiger partial charge is 0.447 e. The van der Waals surface area contributed by atoms with Crippen molar-refractivity contribution in [2.24, 2.45) is 0 Å². The number of ether oxygens (including phenoxy) is 1. The molecule has 5 nitrogen and oxygen atoms in total. The van der Waals surface area contributed by atoms with Crippen LogP contribution < -0.4 is 0 Å². The van der Waals surface area contributed by atoms with Gasteiger partial charge in [-0.3, -0.25) is 0 Å². The SMILES string of the molecule is CC(C)OC(=O)N1CCCC(O)(CO)C1. The molecule has 1 rings (SSSR count). The molecule has 2 N–H and O–H groups in total. The van der Waals surface area contributed by atoms with Crippen molar-refractivity contribution < 1.29 is 19.7 Å². The highest BCUT2D eigenvalue weighted by Crippen LogP contribution is 2.21. The standard InChI is InChI=1S/C10H19NO4/c1-8(2)15-9(13)11-5-3-4-10(14,6-11)7-12/h8,12,14H,3-7H2,1-2H3. The zero-order valence-electron chi connectivity index (χ0n) is 9.27. The highest BCUT2D eigenvalue weighted by molar-refractivity contribution is 5.68. The first-order chi connectivity index (χ1) is 6.97. The molecule has 0 aromatic heterocycles. The van der Waals surface area contributed by atoms with E-state index in [0.717, 1.165) is 0 Å². The molecule has 1 unspecified atom stereocenters. The van der Waals surface area contributed by atoms with Crippen molar-refractivity contribution in [1.29, 1.82) is 0 Å². The van der Waals surface area contributed by atoms with Crippen molar-refractivity contribution in [1.82, 2.24) is 4.90 Å². The molecule has 1 aliphatic rings. The van der Waals surface area contributed by atoms with E-state index in [4.69, 9.17) is 9.84 Å². The number of rotatable bonds is 2. The summed E-state index contributed by atoms with van der Waals surface area (Å²) in [7, 11) is 0. The number of amides is 1. The summed E-state index contributed by atoms with van der Waals surface area (Å²) < 4.78 is 5.02. The van der Waals surface area contributed by atoms with Gasteiger partial charge in [-0.25, -0.2) is 4.79 Å². The Morgan fingerprint density at radius 3 is 2.80 bits per heavy atom. The highest BCUT2D eigenvalue weighted by Gasteiger charge is 2.35. The minimum atomic E-state index is -1.16. The van der Waals surface area contributed by atoms with E-state index in [1.54, 1.807) is 13.8 Å². The van der Waals surface area contributed by atoms with Gasteiger partial charge in [0.1, 0.15) is 5.60 Å². The third kappa shape index (κ3) is 3.35. The van der Waals surface area contributed by atoms with Crippen LogP contribution in [0.3, 0.4) is 0 Å². The topological polar surface area (TPSA) is 70.0 Å². The summed E-state index contributed by atoms with van der Waals surface area (Å²) in [4.78, 5) is 13.0. The van der Waals surface area contributed by atoms with E-state index in [1.807, 2.05) is 0 Å². The number of β-amino-alcohol motifs (C(OH)–C–C–N with tert-alkyl or cyclic N) is 1. The third-order valence-electron chi connectivity index (χ3n) is 2.44. The summed E-state index contributed by atoms with van der Waals surface area (Å²) >= 11 is 0. The van der Waals surface area contributed by atoms with Crippen LogP contribution in [-0.4, -0.2) is 52.6 Å². The summed E-state index contributed by atoms with van der Waals surface area (Å²) in [5, 5.41) is 18.8. The van der Waals surface area contributed by atoms with Gasteiger partial charge in [0.25, 0.3) is 0 Å². The highest BCUT2D eigenvalue weighted by atomic mass is 16.6. The van der Waals surface area contributed by atoms with Gasteiger partial charge in [0.15, 0.2) is 0 Å². The van der Waals surface area contributed by atoms with Crippen molar-refractivity contribution in [3.8, 4) is 0 Å². The predicted molar refractivity (Wildman–Crippen MR) is 54.5 cm³/mol. The first-order valence-corrected chi connectivity index (χ1v) is 5.26. The summed E-state index contributed by atoms with van der Waals surface area (Å²) in [6.07, 6.45) is 0.623. The molecule has 0 aliphatic carbocycles. The number of piperidine rings is 1. The molecule has 0 spiro atoms. The first-order valence-electron chi connectivity index (χ1n) is 5.26. The summed E-state index contributed by atoms with van der Waals surface area (Å²) in [5.41, 5.74) is -1.16. The number of hydrogen-bond acceptors (Lipinski definition) is 4. The van der Waals surface area contributed by atoms with Crippen LogP contribution >= 0.6 is 0 Å². The fourth-order valence-electron chi connectivity index (χ4n) is 1.67. The van der Waals surface area contributed by atoms with Crippen molar-refractivity contribution in [3.05, 3.63) is 0 Å². The average molecular weight is 217 g/mol. The van der Waals surface area contributed by atoms with Gasteiger partial charge < -0.3 is 19.8 Å². The molecule has 1 aliphatic heterocycles. The maximum Gasteiger partial charge on any atom is 0.410 e. The van der Waals surface area contributed by atoms with Crippen LogP contribution in [0.1, 0.15) is 26.7 Å². The van der Waals surface area contributed by atoms with E-state index in [0.29, 0.717) is 19.4 Å². The zero-order valence-corrected chi connectivity index (χ0v) is 9.27. The molecule has 1 atom stereocenters. The van der Waals surface area contributed by atoms with E-state index in [1.165, 1.54) is 4.90 Å². The third-order valence-corrected chi connectivity index (χ3v) is 2.44. The van der Waals surface area contributed by atoms with Gasteiger partial charge >= 0.3 is 6.09 Å². The van der Waals surface area contributed by atoms with Crippen LogP contribution in [0.4, 0.5) is 4.79 Å². The van der Waals surface area contributed by atoms with Crippen LogP contribution in [-0.2, 0) is 4.74 Å². The number of likely N-dealkylation sites (tertiary alicyclic amines) is 1. The Kier molecular flexibility index (Phi) is 3.93. The Balaban J connectivity index is 2.52. The number of aliphatic hydroxyl groups excluding tert-OH is 1. The molecule has 0 aromatic carbocycles. The second-order valence-corrected chi connectivity index (χ2v) is 4.34. The molecule has 1 heterocycles. The van der Waals surface area contributed by atoms with Crippen LogP contribution in [0.15, 0.2) is 0 Å². The smallest absolute Gasteiger partial charge is 0.410 e. The van der Waals surface area contributed by atoms with Crippen molar-refractivity contribution >= 4 is 6.09 Å². The van der Waals surface area contributed by atoms with E-state index >= 15 is 0 Å². The van der Waals surface area contributed by atoms with Crippen molar-refractivity contribution in [2.45, 2.75) is 38.4 Å². The zero-order chi connectivity index (χ0) is 11.5. The first kappa shape index (κ1) is 12.3. The van der Waals surface area contributed by atoms with Crippen molar-refractivity contribution in [3.63, 3.8) is 0 Å². The van der Waals surface area contributed by atoms with Gasteiger partial charge in [-0.15, -0.1) is 0 Å². The molecule has 5 heteroatoms. The molecular weight excluding hydrogens is 198 g/mol. The van der Waals surface area contributed by atoms with Gasteiger partial charge in [0.2, 0.25) is 0 Å². The van der Waals surface area contributed by atoms with Gasteiger partial charge in [-0.2, -0.15) is 0 Å². The van der Waals surface area contributed by atoms with E-state index < -0.39 is 11.7 Å². The van der Waals surface area contributed by atoms with Crippen molar-refractivity contribution in [2.75, 3.05) is 19.7 Å². The second kappa shape index (κ2) is 4.81. The van der Waals surface area contributed by atoms with E-state index in [-0.39, 0.29) is 19.3 Å². The molecule has 88 valence electrons. The monoisotopic (exact) mass is 217 g/mol. The lowest BCUT2D eigenvalue weighted by Crippen LogP contribution is -2.52. The number of nitrogens with zero attached hydrogens (tertiary/aromatic N) is 1. The van der Waals surface area contributed by atoms with Crippen LogP contribution in [0.25, 0.3) is 0 Å². The molecule has 1 saturated heterocycles. The second-order valence-electron chi connectivity index (χ2n) is 4.34. The minimum absolute atomic E-state index is 0.148. The Bertz CT molecular complexity index is 231. The average Bonchev–Trinajstić information content (AvgIpc) is 2.17. The number of carbonyl (C=O) groups excluding carboxylic acids is 1. The Hall–Kier alpha value is -0.810. The Labute approximate surface area is 89.6 Å². The fraction of sp³-hybridized carbons (Fsp3) is 0.900. The lowest BCUT2D eigenvalue weighted by Gasteiger charge is -2.37. The molecular formula is C10H19NO4. The Morgan fingerprint density at radius 1 is 1.60 bits per heavy atom.